The molecule has 0 aromatic heterocycles. The van der Waals surface area contributed by atoms with E-state index >= 15 is 0 Å². The zero-order chi connectivity index (χ0) is 35.4. The molecule has 4 rings (SSSR count). The monoisotopic (exact) mass is 690 g/mol. The zero-order valence-corrected chi connectivity index (χ0v) is 24.3. The number of rotatable bonds is 12. The molecule has 0 saturated heterocycles. The first-order valence-corrected chi connectivity index (χ1v) is 13.8. The van der Waals surface area contributed by atoms with Gasteiger partial charge in [-0.3, -0.25) is 0 Å². The van der Waals surface area contributed by atoms with Gasteiger partial charge in [0, 0.05) is 23.1 Å². The van der Waals surface area contributed by atoms with E-state index in [0.717, 1.165) is 36.4 Å². The molecule has 254 valence electrons. The van der Waals surface area contributed by atoms with Crippen LogP contribution in [0.4, 0.5) is 52.7 Å². The summed E-state index contributed by atoms with van der Waals surface area (Å²) in [6.45, 7) is 3.39. The molecule has 0 bridgehead atoms. The Kier molecular flexibility index (Phi) is 10.9. The number of hydrogen-bond donors (Lipinski definition) is 0. The van der Waals surface area contributed by atoms with Crippen molar-refractivity contribution in [1.82, 2.24) is 0 Å². The fraction of sp³-hybridized carbons (Fsp3) is 0.176. The van der Waals surface area contributed by atoms with E-state index in [9.17, 15) is 52.7 Å². The van der Waals surface area contributed by atoms with Crippen LogP contribution in [-0.2, 0) is 6.42 Å². The minimum absolute atomic E-state index is 0.00890. The Morgan fingerprint density at radius 2 is 1.25 bits per heavy atom. The van der Waals surface area contributed by atoms with E-state index < -0.39 is 88.7 Å². The molecular formula is C34H22F12O2. The van der Waals surface area contributed by atoms with Crippen molar-refractivity contribution < 1.29 is 62.2 Å². The van der Waals surface area contributed by atoms with Crippen LogP contribution < -0.4 is 9.47 Å². The molecule has 0 spiro atoms. The topological polar surface area (TPSA) is 18.5 Å². The average Bonchev–Trinajstić information content (AvgIpc) is 3.00. The summed E-state index contributed by atoms with van der Waals surface area (Å²) in [7, 11) is 0. The summed E-state index contributed by atoms with van der Waals surface area (Å²) in [5, 5.41) is 0. The predicted octanol–water partition coefficient (Wildman–Crippen LogP) is 11.8. The molecule has 0 aliphatic rings. The van der Waals surface area contributed by atoms with Crippen LogP contribution in [0.2, 0.25) is 0 Å². The largest absolute Gasteiger partial charge is 0.573 e. The van der Waals surface area contributed by atoms with Gasteiger partial charge in [0.2, 0.25) is 5.75 Å². The van der Waals surface area contributed by atoms with Gasteiger partial charge in [0.25, 0.3) is 0 Å². The highest BCUT2D eigenvalue weighted by Crippen LogP contribution is 2.35. The number of ether oxygens (including phenoxy) is 2. The first-order chi connectivity index (χ1) is 22.5. The molecule has 0 atom stereocenters. The predicted molar refractivity (Wildman–Crippen MR) is 153 cm³/mol. The molecule has 0 aliphatic carbocycles. The van der Waals surface area contributed by atoms with E-state index in [4.69, 9.17) is 0 Å². The zero-order valence-electron chi connectivity index (χ0n) is 24.3. The Morgan fingerprint density at radius 1 is 0.667 bits per heavy atom. The lowest BCUT2D eigenvalue weighted by Gasteiger charge is -2.19. The summed E-state index contributed by atoms with van der Waals surface area (Å²) in [4.78, 5) is 0. The fourth-order valence-corrected chi connectivity index (χ4v) is 4.53. The summed E-state index contributed by atoms with van der Waals surface area (Å²) in [6.07, 6.45) is -10.3. The molecule has 4 aromatic rings. The van der Waals surface area contributed by atoms with Crippen LogP contribution >= 0.6 is 0 Å². The standard InChI is InChI=1S/C34H22F12O2/c1-2-3-4-25(35)31(41)19-7-10-23(26(36)13-19)21-16-27(37)24(28(38)17-21)11-12-33(42,43)47-22-8-5-18(6-9-22)20-14-29(39)32(30(40)15-20)48-34(44,45)46/h2,5-10,13-17H,1,3-4,11-12H2/b31-25+. The highest BCUT2D eigenvalue weighted by Gasteiger charge is 2.35. The Labute approximate surface area is 265 Å². The molecule has 48 heavy (non-hydrogen) atoms. The van der Waals surface area contributed by atoms with Crippen molar-refractivity contribution in [2.24, 2.45) is 0 Å². The van der Waals surface area contributed by atoms with Crippen molar-refractivity contribution in [2.45, 2.75) is 38.2 Å². The van der Waals surface area contributed by atoms with Crippen LogP contribution in [0.15, 0.2) is 85.2 Å². The van der Waals surface area contributed by atoms with Crippen molar-refractivity contribution in [1.29, 1.82) is 0 Å². The van der Waals surface area contributed by atoms with Gasteiger partial charge < -0.3 is 9.47 Å². The van der Waals surface area contributed by atoms with Crippen molar-refractivity contribution in [3.8, 4) is 33.8 Å². The Bertz CT molecular complexity index is 1780. The van der Waals surface area contributed by atoms with Crippen molar-refractivity contribution >= 4 is 5.83 Å². The van der Waals surface area contributed by atoms with E-state index in [1.54, 1.807) is 0 Å². The third-order valence-corrected chi connectivity index (χ3v) is 6.82. The molecule has 0 saturated carbocycles. The van der Waals surface area contributed by atoms with Crippen molar-refractivity contribution in [3.05, 3.63) is 125 Å². The molecule has 0 N–H and O–H groups in total. The quantitative estimate of drug-likeness (QED) is 0.109. The van der Waals surface area contributed by atoms with Crippen molar-refractivity contribution in [2.75, 3.05) is 0 Å². The minimum Gasteiger partial charge on any atom is -0.433 e. The Balaban J connectivity index is 1.44. The lowest BCUT2D eigenvalue weighted by molar-refractivity contribution is -0.276. The van der Waals surface area contributed by atoms with Gasteiger partial charge in [-0.25, -0.2) is 30.7 Å². The maximum atomic E-state index is 14.8. The number of halogens is 12. The van der Waals surface area contributed by atoms with Crippen LogP contribution in [0.1, 0.15) is 30.4 Å². The van der Waals surface area contributed by atoms with E-state index in [0.29, 0.717) is 30.3 Å². The Hall–Kier alpha value is -4.88. The van der Waals surface area contributed by atoms with Crippen LogP contribution in [0, 0.1) is 29.1 Å². The van der Waals surface area contributed by atoms with Crippen LogP contribution in [0.3, 0.4) is 0 Å². The normalized spacial score (nSPS) is 12.5. The molecule has 0 unspecified atom stereocenters. The van der Waals surface area contributed by atoms with Gasteiger partial charge in [-0.1, -0.05) is 30.3 Å². The van der Waals surface area contributed by atoms with Gasteiger partial charge in [-0.05, 0) is 72.0 Å². The Morgan fingerprint density at radius 3 is 1.79 bits per heavy atom. The van der Waals surface area contributed by atoms with Gasteiger partial charge in [-0.15, -0.1) is 19.8 Å². The smallest absolute Gasteiger partial charge is 0.433 e. The van der Waals surface area contributed by atoms with Crippen LogP contribution in [0.25, 0.3) is 28.1 Å². The summed E-state index contributed by atoms with van der Waals surface area (Å²) >= 11 is 0. The van der Waals surface area contributed by atoms with E-state index in [1.807, 2.05) is 0 Å². The third-order valence-electron chi connectivity index (χ3n) is 6.82. The summed E-state index contributed by atoms with van der Waals surface area (Å²) < 4.78 is 175. The SMILES string of the molecule is C=CCC/C(F)=C(\F)c1ccc(-c2cc(F)c(CCC(F)(F)Oc3ccc(-c4cc(F)c(OC(F)(F)F)c(F)c4)cc3)c(F)c2)c(F)c1. The highest BCUT2D eigenvalue weighted by molar-refractivity contribution is 5.70. The first-order valence-electron chi connectivity index (χ1n) is 13.8. The molecule has 14 heteroatoms. The molecular weight excluding hydrogens is 668 g/mol. The lowest BCUT2D eigenvalue weighted by atomic mass is 9.98. The molecule has 0 heterocycles. The molecule has 0 aliphatic heterocycles. The average molecular weight is 691 g/mol. The first kappa shape index (κ1) is 36.0. The molecule has 4 aromatic carbocycles. The summed E-state index contributed by atoms with van der Waals surface area (Å²) in [6, 6.07) is 9.19. The summed E-state index contributed by atoms with van der Waals surface area (Å²) in [5.74, 6) is -11.6. The number of alkyl halides is 5. The highest BCUT2D eigenvalue weighted by atomic mass is 19.4. The van der Waals surface area contributed by atoms with Gasteiger partial charge in [-0.2, -0.15) is 8.78 Å². The second-order valence-corrected chi connectivity index (χ2v) is 10.2. The third kappa shape index (κ3) is 8.92. The molecule has 0 fully saturated rings. The van der Waals surface area contributed by atoms with E-state index in [2.05, 4.69) is 16.1 Å². The maximum Gasteiger partial charge on any atom is 0.573 e. The number of allylic oxidation sites excluding steroid dienone is 2. The number of hydrogen-bond acceptors (Lipinski definition) is 2. The fourth-order valence-electron chi connectivity index (χ4n) is 4.53. The second-order valence-electron chi connectivity index (χ2n) is 10.2. The lowest BCUT2D eigenvalue weighted by Crippen LogP contribution is -2.25. The molecule has 0 radical (unpaired) electrons. The minimum atomic E-state index is -5.35. The van der Waals surface area contributed by atoms with Gasteiger partial charge in [0.15, 0.2) is 17.5 Å². The van der Waals surface area contributed by atoms with Crippen molar-refractivity contribution in [3.63, 3.8) is 0 Å². The van der Waals surface area contributed by atoms with Gasteiger partial charge in [0.1, 0.15) is 29.0 Å². The van der Waals surface area contributed by atoms with Gasteiger partial charge in [0.05, 0.1) is 6.42 Å². The van der Waals surface area contributed by atoms with Gasteiger partial charge >= 0.3 is 12.5 Å². The molecule has 2 nitrogen and oxygen atoms in total. The van der Waals surface area contributed by atoms with E-state index in [-0.39, 0.29) is 35.1 Å². The van der Waals surface area contributed by atoms with E-state index in [1.165, 1.54) is 6.08 Å². The summed E-state index contributed by atoms with van der Waals surface area (Å²) in [5.41, 5.74) is -2.15. The van der Waals surface area contributed by atoms with Crippen LogP contribution in [0.5, 0.6) is 11.5 Å². The van der Waals surface area contributed by atoms with Crippen LogP contribution in [-0.4, -0.2) is 12.5 Å². The second kappa shape index (κ2) is 14.5. The maximum absolute atomic E-state index is 14.8. The number of benzene rings is 4. The molecule has 0 amide bonds.